The predicted octanol–water partition coefficient (Wildman–Crippen LogP) is 24.3. The van der Waals surface area contributed by atoms with Crippen LogP contribution in [0, 0.1) is 0 Å². The third-order valence-electron chi connectivity index (χ3n) is 18.8. The molecule has 0 aliphatic carbocycles. The van der Waals surface area contributed by atoms with E-state index in [1.54, 1.807) is 0 Å². The van der Waals surface area contributed by atoms with Crippen LogP contribution < -0.4 is 0 Å². The van der Waals surface area contributed by atoms with E-state index in [0.717, 1.165) is 109 Å². The lowest BCUT2D eigenvalue weighted by Gasteiger charge is -2.21. The van der Waals surface area contributed by atoms with E-state index in [0.29, 0.717) is 25.7 Å². The number of hydrogen-bond acceptors (Lipinski definition) is 15. The lowest BCUT2D eigenvalue weighted by atomic mass is 10.0. The predicted molar refractivity (Wildman–Crippen MR) is 409 cm³/mol. The number of aliphatic hydroxyl groups excluding tert-OH is 1. The zero-order chi connectivity index (χ0) is 73.2. The molecule has 0 aromatic heterocycles. The van der Waals surface area contributed by atoms with E-state index in [9.17, 15) is 43.2 Å². The van der Waals surface area contributed by atoms with Gasteiger partial charge in [0.05, 0.1) is 26.4 Å². The van der Waals surface area contributed by atoms with E-state index in [1.807, 2.05) is 0 Å². The average Bonchev–Trinajstić information content (AvgIpc) is 0.937. The summed E-state index contributed by atoms with van der Waals surface area (Å²) in [4.78, 5) is 73.1. The van der Waals surface area contributed by atoms with Crippen LogP contribution in [0.1, 0.15) is 426 Å². The molecule has 0 aliphatic heterocycles. The fraction of sp³-hybridized carbons (Fsp3) is 0.926. The van der Waals surface area contributed by atoms with Crippen molar-refractivity contribution in [1.82, 2.24) is 0 Å². The van der Waals surface area contributed by atoms with E-state index in [4.69, 9.17) is 37.0 Å². The van der Waals surface area contributed by atoms with Crippen molar-refractivity contribution in [3.8, 4) is 0 Å². The quantitative estimate of drug-likeness (QED) is 0.0169. The Balaban J connectivity index is 5.27. The third-order valence-corrected chi connectivity index (χ3v) is 20.7. The molecular formula is C81H156O17P2. The zero-order valence-corrected chi connectivity index (χ0v) is 66.7. The van der Waals surface area contributed by atoms with Crippen LogP contribution in [0.4, 0.5) is 0 Å². The van der Waals surface area contributed by atoms with E-state index >= 15 is 0 Å². The van der Waals surface area contributed by atoms with Gasteiger partial charge in [-0.05, 0) is 51.4 Å². The summed E-state index contributed by atoms with van der Waals surface area (Å²) in [5.74, 6) is -2.12. The number of phosphoric acid groups is 2. The summed E-state index contributed by atoms with van der Waals surface area (Å²) in [5.41, 5.74) is 0. The Morgan fingerprint density at radius 3 is 0.690 bits per heavy atom. The first-order chi connectivity index (χ1) is 48.7. The van der Waals surface area contributed by atoms with Crippen LogP contribution in [0.15, 0.2) is 12.2 Å². The Bertz CT molecular complexity index is 1940. The van der Waals surface area contributed by atoms with Crippen molar-refractivity contribution >= 4 is 39.5 Å². The molecule has 0 saturated carbocycles. The smallest absolute Gasteiger partial charge is 0.462 e. The first-order valence-electron chi connectivity index (χ1n) is 41.9. The van der Waals surface area contributed by atoms with Gasteiger partial charge in [-0.1, -0.05) is 361 Å². The van der Waals surface area contributed by atoms with Gasteiger partial charge in [0.2, 0.25) is 0 Å². The molecule has 0 aliphatic rings. The molecule has 0 rings (SSSR count). The molecule has 19 heteroatoms. The summed E-state index contributed by atoms with van der Waals surface area (Å²) in [6.07, 6.45) is 68.9. The molecule has 0 saturated heterocycles. The maximum Gasteiger partial charge on any atom is 0.472 e. The molecular weight excluding hydrogens is 1310 g/mol. The molecule has 2 unspecified atom stereocenters. The second kappa shape index (κ2) is 75.0. The highest BCUT2D eigenvalue weighted by Gasteiger charge is 2.30. The molecule has 0 radical (unpaired) electrons. The molecule has 17 nitrogen and oxygen atoms in total. The van der Waals surface area contributed by atoms with Gasteiger partial charge in [0.1, 0.15) is 19.3 Å². The Kier molecular flexibility index (Phi) is 73.4. The van der Waals surface area contributed by atoms with Gasteiger partial charge in [-0.15, -0.1) is 0 Å². The molecule has 3 N–H and O–H groups in total. The number of carbonyl (C=O) groups excluding carboxylic acids is 4. The lowest BCUT2D eigenvalue weighted by Crippen LogP contribution is -2.30. The molecule has 592 valence electrons. The van der Waals surface area contributed by atoms with Gasteiger partial charge in [-0.3, -0.25) is 37.3 Å². The lowest BCUT2D eigenvalue weighted by molar-refractivity contribution is -0.161. The number of allylic oxidation sites excluding steroid dienone is 2. The summed E-state index contributed by atoms with van der Waals surface area (Å²) >= 11 is 0. The van der Waals surface area contributed by atoms with Crippen LogP contribution in [0.3, 0.4) is 0 Å². The van der Waals surface area contributed by atoms with Crippen molar-refractivity contribution in [3.63, 3.8) is 0 Å². The highest BCUT2D eigenvalue weighted by molar-refractivity contribution is 7.47. The van der Waals surface area contributed by atoms with Crippen molar-refractivity contribution < 1.29 is 80.2 Å². The van der Waals surface area contributed by atoms with Crippen molar-refractivity contribution in [2.45, 2.75) is 444 Å². The van der Waals surface area contributed by atoms with E-state index in [2.05, 4.69) is 39.8 Å². The second-order valence-corrected chi connectivity index (χ2v) is 31.7. The molecule has 0 bridgehead atoms. The first-order valence-corrected chi connectivity index (χ1v) is 44.9. The molecule has 5 atom stereocenters. The van der Waals surface area contributed by atoms with Gasteiger partial charge >= 0.3 is 39.5 Å². The van der Waals surface area contributed by atoms with Gasteiger partial charge in [-0.25, -0.2) is 9.13 Å². The van der Waals surface area contributed by atoms with E-state index in [-0.39, 0.29) is 25.7 Å². The topological polar surface area (TPSA) is 237 Å². The number of hydrogen-bond donors (Lipinski definition) is 3. The summed E-state index contributed by atoms with van der Waals surface area (Å²) in [5, 5.41) is 10.6. The maximum absolute atomic E-state index is 13.1. The fourth-order valence-corrected chi connectivity index (χ4v) is 13.9. The third kappa shape index (κ3) is 74.1. The molecule has 0 aromatic carbocycles. The summed E-state index contributed by atoms with van der Waals surface area (Å²) < 4.78 is 68.7. The highest BCUT2D eigenvalue weighted by Crippen LogP contribution is 2.45. The van der Waals surface area contributed by atoms with Crippen molar-refractivity contribution in [2.75, 3.05) is 39.6 Å². The maximum atomic E-state index is 13.1. The Hall–Kier alpha value is -2.20. The number of ether oxygens (including phenoxy) is 4. The zero-order valence-electron chi connectivity index (χ0n) is 64.9. The van der Waals surface area contributed by atoms with Crippen molar-refractivity contribution in [1.29, 1.82) is 0 Å². The summed E-state index contributed by atoms with van der Waals surface area (Å²) in [6.45, 7) is 5.01. The number of rotatable bonds is 81. The molecule has 0 amide bonds. The van der Waals surface area contributed by atoms with Gasteiger partial charge in [0.15, 0.2) is 12.2 Å². The van der Waals surface area contributed by atoms with Gasteiger partial charge in [0, 0.05) is 25.7 Å². The van der Waals surface area contributed by atoms with Crippen molar-refractivity contribution in [3.05, 3.63) is 12.2 Å². The van der Waals surface area contributed by atoms with Crippen LogP contribution in [0.2, 0.25) is 0 Å². The Labute approximate surface area is 612 Å². The minimum atomic E-state index is -4.96. The monoisotopic (exact) mass is 1460 g/mol. The van der Waals surface area contributed by atoms with E-state index in [1.165, 1.54) is 238 Å². The fourth-order valence-electron chi connectivity index (χ4n) is 12.3. The van der Waals surface area contributed by atoms with Crippen molar-refractivity contribution in [2.24, 2.45) is 0 Å². The second-order valence-electron chi connectivity index (χ2n) is 28.8. The van der Waals surface area contributed by atoms with Crippen LogP contribution in [-0.4, -0.2) is 96.7 Å². The average molecular weight is 1460 g/mol. The van der Waals surface area contributed by atoms with Crippen LogP contribution >= 0.6 is 15.6 Å². The molecule has 0 spiro atoms. The number of carbonyl (C=O) groups is 4. The van der Waals surface area contributed by atoms with E-state index < -0.39 is 97.5 Å². The largest absolute Gasteiger partial charge is 0.472 e. The normalized spacial score (nSPS) is 13.9. The van der Waals surface area contributed by atoms with Crippen LogP contribution in [0.5, 0.6) is 0 Å². The standard InChI is InChI=1S/C81H156O17P2/c1-5-9-13-17-21-25-29-33-36-37-40-43-46-50-54-58-62-66-79(84)92-72-77(98-81(86)68-64-60-56-52-48-44-39-35-31-27-23-19-15-11-7-3)74-96-100(89,90)94-70-75(82)69-93-99(87,88)95-73-76(97-80(85)67-63-59-55-51-47-41-32-28-24-20-16-12-8-4)71-91-78(83)65-61-57-53-49-45-42-38-34-30-26-22-18-14-10-6-2/h34,38,75-77,82H,5-33,35-37,39-74H2,1-4H3,(H,87,88)(H,89,90)/b38-34-/t75-,76-,77-/m1/s1. The summed E-state index contributed by atoms with van der Waals surface area (Å²) in [6, 6.07) is 0. The van der Waals surface area contributed by atoms with Gasteiger partial charge in [0.25, 0.3) is 0 Å². The molecule has 0 aromatic rings. The SMILES string of the molecule is CCCCCCCC/C=C\CCCCCCCC(=O)OC[C@H](COP(=O)(O)OC[C@@H](O)COP(=O)(O)OC[C@@H](COC(=O)CCCCCCCCCCCCCCCCCCC)OC(=O)CCCCCCCCCCCCCCCCC)OC(=O)CCCCCCCCCCCCCCC. The molecule has 0 heterocycles. The molecule has 100 heavy (non-hydrogen) atoms. The Morgan fingerprint density at radius 1 is 0.270 bits per heavy atom. The van der Waals surface area contributed by atoms with Crippen LogP contribution in [-0.2, 0) is 65.4 Å². The van der Waals surface area contributed by atoms with Gasteiger partial charge < -0.3 is 33.8 Å². The Morgan fingerprint density at radius 2 is 0.460 bits per heavy atom. The number of aliphatic hydroxyl groups is 1. The number of phosphoric ester groups is 2. The highest BCUT2D eigenvalue weighted by atomic mass is 31.2. The minimum absolute atomic E-state index is 0.105. The number of unbranched alkanes of at least 4 members (excludes halogenated alkanes) is 53. The molecule has 0 fully saturated rings. The van der Waals surface area contributed by atoms with Gasteiger partial charge in [-0.2, -0.15) is 0 Å². The van der Waals surface area contributed by atoms with Crippen LogP contribution in [0.25, 0.3) is 0 Å². The summed E-state index contributed by atoms with van der Waals surface area (Å²) in [7, 11) is -9.92. The number of esters is 4. The first kappa shape index (κ1) is 97.8. The minimum Gasteiger partial charge on any atom is -0.462 e.